The first-order valence-electron chi connectivity index (χ1n) is 5.70. The molecule has 0 bridgehead atoms. The third-order valence-electron chi connectivity index (χ3n) is 2.74. The van der Waals surface area contributed by atoms with Gasteiger partial charge in [-0.3, -0.25) is 9.69 Å². The minimum atomic E-state index is -0.268. The van der Waals surface area contributed by atoms with E-state index in [4.69, 9.17) is 0 Å². The van der Waals surface area contributed by atoms with E-state index in [1.54, 1.807) is 30.1 Å². The molecule has 0 unspecified atom stereocenters. The van der Waals surface area contributed by atoms with Gasteiger partial charge in [0.2, 0.25) is 5.91 Å². The van der Waals surface area contributed by atoms with Crippen LogP contribution in [0.3, 0.4) is 0 Å². The van der Waals surface area contributed by atoms with Crippen LogP contribution in [0.1, 0.15) is 12.5 Å². The van der Waals surface area contributed by atoms with Gasteiger partial charge in [-0.05, 0) is 19.7 Å². The molecule has 0 aromatic heterocycles. The van der Waals surface area contributed by atoms with Crippen molar-refractivity contribution in [1.29, 1.82) is 0 Å². The summed E-state index contributed by atoms with van der Waals surface area (Å²) in [5.41, 5.74) is 0.544. The molecular weight excluding hydrogens is 219 g/mol. The van der Waals surface area contributed by atoms with Gasteiger partial charge in [0.15, 0.2) is 0 Å². The van der Waals surface area contributed by atoms with E-state index >= 15 is 0 Å². The van der Waals surface area contributed by atoms with Crippen molar-refractivity contribution in [3.8, 4) is 0 Å². The number of nitrogens with zero attached hydrogens (tertiary/aromatic N) is 2. The van der Waals surface area contributed by atoms with Gasteiger partial charge in [0.1, 0.15) is 5.82 Å². The SMILES string of the molecule is CCN(C)CC(=O)N(C)Cc1ccccc1F. The summed E-state index contributed by atoms with van der Waals surface area (Å²) in [6.45, 7) is 3.48. The number of halogens is 1. The number of benzene rings is 1. The molecule has 3 nitrogen and oxygen atoms in total. The lowest BCUT2D eigenvalue weighted by molar-refractivity contribution is -0.131. The summed E-state index contributed by atoms with van der Waals surface area (Å²) in [5, 5.41) is 0. The Bertz CT molecular complexity index is 381. The highest BCUT2D eigenvalue weighted by Gasteiger charge is 2.12. The first kappa shape index (κ1) is 13.6. The second-order valence-electron chi connectivity index (χ2n) is 4.17. The van der Waals surface area contributed by atoms with Gasteiger partial charge < -0.3 is 4.90 Å². The van der Waals surface area contributed by atoms with Gasteiger partial charge in [-0.25, -0.2) is 4.39 Å². The van der Waals surface area contributed by atoms with E-state index in [1.807, 2.05) is 18.9 Å². The van der Waals surface area contributed by atoms with Crippen molar-refractivity contribution in [2.45, 2.75) is 13.5 Å². The molecule has 0 saturated carbocycles. The Morgan fingerprint density at radius 1 is 1.29 bits per heavy atom. The van der Waals surface area contributed by atoms with Crippen molar-refractivity contribution < 1.29 is 9.18 Å². The topological polar surface area (TPSA) is 23.6 Å². The zero-order valence-corrected chi connectivity index (χ0v) is 10.6. The second kappa shape index (κ2) is 6.35. The molecule has 0 N–H and O–H groups in total. The fourth-order valence-corrected chi connectivity index (χ4v) is 1.43. The van der Waals surface area contributed by atoms with Gasteiger partial charge >= 0.3 is 0 Å². The molecule has 1 aromatic rings. The molecule has 1 aromatic carbocycles. The molecule has 1 amide bonds. The van der Waals surface area contributed by atoms with Crippen molar-refractivity contribution in [1.82, 2.24) is 9.80 Å². The third-order valence-corrected chi connectivity index (χ3v) is 2.74. The van der Waals surface area contributed by atoms with Crippen molar-refractivity contribution in [3.63, 3.8) is 0 Å². The Labute approximate surface area is 102 Å². The van der Waals surface area contributed by atoms with E-state index in [1.165, 1.54) is 6.07 Å². The van der Waals surface area contributed by atoms with Crippen LogP contribution >= 0.6 is 0 Å². The molecule has 0 saturated heterocycles. The highest BCUT2D eigenvalue weighted by molar-refractivity contribution is 5.77. The standard InChI is InChI=1S/C13H19FN2O/c1-4-15(2)10-13(17)16(3)9-11-7-5-6-8-12(11)14/h5-8H,4,9-10H2,1-3H3. The summed E-state index contributed by atoms with van der Waals surface area (Å²) in [6.07, 6.45) is 0. The quantitative estimate of drug-likeness (QED) is 0.780. The third kappa shape index (κ3) is 4.15. The number of hydrogen-bond donors (Lipinski definition) is 0. The minimum absolute atomic E-state index is 0.00222. The summed E-state index contributed by atoms with van der Waals surface area (Å²) in [4.78, 5) is 15.3. The number of rotatable bonds is 5. The second-order valence-corrected chi connectivity index (χ2v) is 4.17. The number of hydrogen-bond acceptors (Lipinski definition) is 2. The lowest BCUT2D eigenvalue weighted by Crippen LogP contribution is -2.36. The van der Waals surface area contributed by atoms with Crippen molar-refractivity contribution in [2.75, 3.05) is 27.2 Å². The molecule has 17 heavy (non-hydrogen) atoms. The molecule has 4 heteroatoms. The molecule has 0 fully saturated rings. The van der Waals surface area contributed by atoms with E-state index in [0.29, 0.717) is 18.7 Å². The van der Waals surface area contributed by atoms with Gasteiger partial charge in [0, 0.05) is 19.2 Å². The fraction of sp³-hybridized carbons (Fsp3) is 0.462. The highest BCUT2D eigenvalue weighted by Crippen LogP contribution is 2.08. The van der Waals surface area contributed by atoms with Crippen LogP contribution in [-0.4, -0.2) is 42.9 Å². The van der Waals surface area contributed by atoms with Crippen molar-refractivity contribution in [3.05, 3.63) is 35.6 Å². The molecule has 0 atom stereocenters. The minimum Gasteiger partial charge on any atom is -0.340 e. The number of carbonyl (C=O) groups is 1. The van der Waals surface area contributed by atoms with Gasteiger partial charge in [0.05, 0.1) is 6.54 Å². The lowest BCUT2D eigenvalue weighted by Gasteiger charge is -2.21. The van der Waals surface area contributed by atoms with Crippen LogP contribution < -0.4 is 0 Å². The highest BCUT2D eigenvalue weighted by atomic mass is 19.1. The maximum atomic E-state index is 13.4. The Kier molecular flexibility index (Phi) is 5.10. The van der Waals surface area contributed by atoms with Crippen LogP contribution in [0.2, 0.25) is 0 Å². The summed E-state index contributed by atoms with van der Waals surface area (Å²) in [7, 11) is 3.58. The zero-order chi connectivity index (χ0) is 12.8. The molecule has 94 valence electrons. The molecule has 0 aliphatic carbocycles. The van der Waals surface area contributed by atoms with E-state index in [-0.39, 0.29) is 11.7 Å². The van der Waals surface area contributed by atoms with Crippen LogP contribution in [-0.2, 0) is 11.3 Å². The zero-order valence-electron chi connectivity index (χ0n) is 10.6. The predicted molar refractivity (Wildman–Crippen MR) is 66.0 cm³/mol. The molecule has 0 radical (unpaired) electrons. The van der Waals surface area contributed by atoms with Crippen LogP contribution in [0.5, 0.6) is 0 Å². The Morgan fingerprint density at radius 2 is 1.94 bits per heavy atom. The van der Waals surface area contributed by atoms with Gasteiger partial charge in [-0.15, -0.1) is 0 Å². The Balaban J connectivity index is 2.57. The molecule has 0 heterocycles. The number of amides is 1. The maximum absolute atomic E-state index is 13.4. The van der Waals surface area contributed by atoms with E-state index in [0.717, 1.165) is 6.54 Å². The average molecular weight is 238 g/mol. The molecule has 0 aliphatic rings. The van der Waals surface area contributed by atoms with Gasteiger partial charge in [-0.2, -0.15) is 0 Å². The summed E-state index contributed by atoms with van der Waals surface area (Å²) >= 11 is 0. The number of likely N-dealkylation sites (N-methyl/N-ethyl adjacent to an activating group) is 2. The van der Waals surface area contributed by atoms with Crippen molar-refractivity contribution in [2.24, 2.45) is 0 Å². The first-order valence-corrected chi connectivity index (χ1v) is 5.70. The molecule has 0 spiro atoms. The van der Waals surface area contributed by atoms with E-state index < -0.39 is 0 Å². The van der Waals surface area contributed by atoms with Crippen LogP contribution in [0.15, 0.2) is 24.3 Å². The molecular formula is C13H19FN2O. The van der Waals surface area contributed by atoms with Crippen LogP contribution in [0.25, 0.3) is 0 Å². The summed E-state index contributed by atoms with van der Waals surface area (Å²) in [5.74, 6) is -0.270. The van der Waals surface area contributed by atoms with Crippen LogP contribution in [0, 0.1) is 5.82 Å². The molecule has 1 rings (SSSR count). The van der Waals surface area contributed by atoms with Crippen molar-refractivity contribution >= 4 is 5.91 Å². The molecule has 0 aliphatic heterocycles. The van der Waals surface area contributed by atoms with E-state index in [2.05, 4.69) is 0 Å². The maximum Gasteiger partial charge on any atom is 0.236 e. The van der Waals surface area contributed by atoms with Gasteiger partial charge in [0.25, 0.3) is 0 Å². The average Bonchev–Trinajstić information content (AvgIpc) is 2.31. The van der Waals surface area contributed by atoms with Crippen LogP contribution in [0.4, 0.5) is 4.39 Å². The Hall–Kier alpha value is -1.42. The smallest absolute Gasteiger partial charge is 0.236 e. The monoisotopic (exact) mass is 238 g/mol. The normalized spacial score (nSPS) is 10.6. The van der Waals surface area contributed by atoms with E-state index in [9.17, 15) is 9.18 Å². The van der Waals surface area contributed by atoms with Gasteiger partial charge in [-0.1, -0.05) is 25.1 Å². The lowest BCUT2D eigenvalue weighted by atomic mass is 10.2. The summed E-state index contributed by atoms with van der Waals surface area (Å²) in [6, 6.07) is 6.52. The summed E-state index contributed by atoms with van der Waals surface area (Å²) < 4.78 is 13.4. The Morgan fingerprint density at radius 3 is 2.53 bits per heavy atom. The fourth-order valence-electron chi connectivity index (χ4n) is 1.43. The predicted octanol–water partition coefficient (Wildman–Crippen LogP) is 1.74. The largest absolute Gasteiger partial charge is 0.340 e. The first-order chi connectivity index (χ1) is 8.04. The number of carbonyl (C=O) groups excluding carboxylic acids is 1.